The molecule has 0 aliphatic heterocycles. The molecule has 0 heterocycles. The largest absolute Gasteiger partial charge is 0.537 e. The normalized spacial score (nSPS) is 13.6. The number of rotatable bonds is 2. The van der Waals surface area contributed by atoms with Crippen molar-refractivity contribution in [3.8, 4) is 0 Å². The first kappa shape index (κ1) is 24.4. The summed E-state index contributed by atoms with van der Waals surface area (Å²) in [7, 11) is -5.34. The summed E-state index contributed by atoms with van der Waals surface area (Å²) >= 11 is 0. The molecule has 0 amide bonds. The third-order valence-corrected chi connectivity index (χ3v) is 2.05. The van der Waals surface area contributed by atoms with E-state index in [1.54, 1.807) is 0 Å². The fourth-order valence-corrected chi connectivity index (χ4v) is 0.347. The summed E-state index contributed by atoms with van der Waals surface area (Å²) in [6.45, 7) is 0. The smallest absolute Gasteiger partial charge is 0.161 e. The molecule has 0 saturated heterocycles. The van der Waals surface area contributed by atoms with Crippen molar-refractivity contribution < 1.29 is 53.0 Å². The molecule has 113 valence electrons. The van der Waals surface area contributed by atoms with Gasteiger partial charge in [0.05, 0.1) is 0 Å². The van der Waals surface area contributed by atoms with Gasteiger partial charge in [-0.25, -0.2) is 0 Å². The van der Waals surface area contributed by atoms with Crippen molar-refractivity contribution in [3.63, 3.8) is 0 Å². The third-order valence-electron chi connectivity index (χ3n) is 0.968. The molecule has 0 fully saturated rings. The maximum Gasteiger partial charge on any atom is 0.537 e. The van der Waals surface area contributed by atoms with Crippen molar-refractivity contribution >= 4 is 43.1 Å². The molecule has 0 bridgehead atoms. The minimum absolute atomic E-state index is 0. The monoisotopic (exact) mass is 543 g/mol. The van der Waals surface area contributed by atoms with Crippen LogP contribution in [0.4, 0.5) is 43.9 Å². The SMILES string of the molecule is O=[PH+]C(F)(F)C(F)(F)F.O=[PH+]C(F)(F)C(F)(F)F.[Bi]. The topological polar surface area (TPSA) is 34.1 Å². The minimum Gasteiger partial charge on any atom is -0.161 e. The molecule has 0 aliphatic rings. The van der Waals surface area contributed by atoms with Gasteiger partial charge in [-0.2, -0.15) is 26.3 Å². The zero-order valence-electron chi connectivity index (χ0n) is 8.04. The Kier molecular flexibility index (Phi) is 10.3. The maximum absolute atomic E-state index is 11.2. The first-order chi connectivity index (χ1) is 7.62. The van der Waals surface area contributed by atoms with Gasteiger partial charge >= 0.3 is 40.6 Å². The van der Waals surface area contributed by atoms with Crippen LogP contribution in [0, 0.1) is 0 Å². The number of halogens is 10. The van der Waals surface area contributed by atoms with Gasteiger partial charge in [-0.3, -0.25) is 0 Å². The molecule has 19 heavy (non-hydrogen) atoms. The first-order valence-electron chi connectivity index (χ1n) is 3.30. The van der Waals surface area contributed by atoms with Crippen molar-refractivity contribution in [1.29, 1.82) is 0 Å². The molecule has 0 saturated carbocycles. The Morgan fingerprint density at radius 3 is 0.684 bits per heavy atom. The number of hydrogen-bond donors (Lipinski definition) is 0. The van der Waals surface area contributed by atoms with Crippen LogP contribution in [0.3, 0.4) is 0 Å². The molecule has 0 aromatic heterocycles. The van der Waals surface area contributed by atoms with Crippen molar-refractivity contribution in [2.24, 2.45) is 0 Å². The predicted molar refractivity (Wildman–Crippen MR) is 45.8 cm³/mol. The second-order valence-electron chi connectivity index (χ2n) is 2.35. The van der Waals surface area contributed by atoms with E-state index in [-0.39, 0.29) is 26.2 Å². The van der Waals surface area contributed by atoms with E-state index < -0.39 is 40.6 Å². The zero-order chi connectivity index (χ0) is 15.4. The summed E-state index contributed by atoms with van der Waals surface area (Å²) in [5.74, 6) is 0. The molecule has 0 N–H and O–H groups in total. The zero-order valence-corrected chi connectivity index (χ0v) is 13.5. The Morgan fingerprint density at radius 1 is 0.526 bits per heavy atom. The molecule has 0 aromatic rings. The van der Waals surface area contributed by atoms with Gasteiger partial charge in [0.1, 0.15) is 0 Å². The molecule has 3 radical (unpaired) electrons. The molecule has 2 unspecified atom stereocenters. The van der Waals surface area contributed by atoms with E-state index in [0.29, 0.717) is 0 Å². The van der Waals surface area contributed by atoms with Gasteiger partial charge in [0.25, 0.3) is 0 Å². The molecule has 2 nitrogen and oxygen atoms in total. The van der Waals surface area contributed by atoms with Crippen LogP contribution < -0.4 is 0 Å². The Morgan fingerprint density at radius 2 is 0.684 bits per heavy atom. The first-order valence-corrected chi connectivity index (χ1v) is 5.11. The van der Waals surface area contributed by atoms with Gasteiger partial charge in [0.2, 0.25) is 0 Å². The summed E-state index contributed by atoms with van der Waals surface area (Å²) in [4.78, 5) is 0. The summed E-state index contributed by atoms with van der Waals surface area (Å²) < 4.78 is 129. The molecule has 0 rings (SSSR count). The Hall–Kier alpha value is 0.383. The predicted octanol–water partition coefficient (Wildman–Crippen LogP) is 3.95. The molecule has 15 heteroatoms. The van der Waals surface area contributed by atoms with Crippen LogP contribution in [-0.4, -0.2) is 49.9 Å². The summed E-state index contributed by atoms with van der Waals surface area (Å²) in [5, 5.41) is 0. The Balaban J connectivity index is -0.000000256. The van der Waals surface area contributed by atoms with Crippen molar-refractivity contribution in [2.75, 3.05) is 0 Å². The summed E-state index contributed by atoms with van der Waals surface area (Å²) in [6, 6.07) is 0. The third kappa shape index (κ3) is 8.30. The van der Waals surface area contributed by atoms with Gasteiger partial charge < -0.3 is 0 Å². The van der Waals surface area contributed by atoms with Gasteiger partial charge in [-0.15, -0.1) is 17.6 Å². The van der Waals surface area contributed by atoms with Crippen molar-refractivity contribution in [3.05, 3.63) is 0 Å². The van der Waals surface area contributed by atoms with Crippen LogP contribution >= 0.6 is 16.9 Å². The molecule has 0 aromatic carbocycles. The fraction of sp³-hybridized carbons (Fsp3) is 1.00. The van der Waals surface area contributed by atoms with Crippen LogP contribution in [0.15, 0.2) is 0 Å². The molecule has 0 spiro atoms. The average Bonchev–Trinajstić information content (AvgIpc) is 2.15. The molecule has 0 aliphatic carbocycles. The van der Waals surface area contributed by atoms with E-state index in [0.717, 1.165) is 0 Å². The van der Waals surface area contributed by atoms with Crippen LogP contribution in [0.5, 0.6) is 0 Å². The van der Waals surface area contributed by atoms with Gasteiger partial charge in [0.15, 0.2) is 0 Å². The molecule has 2 atom stereocenters. The van der Waals surface area contributed by atoms with E-state index in [9.17, 15) is 43.9 Å². The van der Waals surface area contributed by atoms with Crippen LogP contribution in [-0.2, 0) is 9.13 Å². The van der Waals surface area contributed by atoms with Gasteiger partial charge in [-0.1, -0.05) is 9.13 Å². The quantitative estimate of drug-likeness (QED) is 0.301. The van der Waals surface area contributed by atoms with Gasteiger partial charge in [0, 0.05) is 26.2 Å². The fourth-order valence-electron chi connectivity index (χ4n) is 0.116. The Bertz CT molecular complexity index is 269. The van der Waals surface area contributed by atoms with Crippen LogP contribution in [0.1, 0.15) is 0 Å². The summed E-state index contributed by atoms with van der Waals surface area (Å²) in [6.07, 6.45) is -11.4. The van der Waals surface area contributed by atoms with Crippen LogP contribution in [0.25, 0.3) is 0 Å². The van der Waals surface area contributed by atoms with E-state index >= 15 is 0 Å². The minimum atomic E-state index is -5.69. The van der Waals surface area contributed by atoms with Gasteiger partial charge in [-0.05, 0) is 0 Å². The number of alkyl halides is 10. The van der Waals surface area contributed by atoms with Crippen molar-refractivity contribution in [2.45, 2.75) is 23.7 Å². The van der Waals surface area contributed by atoms with E-state index in [1.165, 1.54) is 0 Å². The summed E-state index contributed by atoms with van der Waals surface area (Å²) in [5.41, 5.74) is -10.1. The van der Waals surface area contributed by atoms with E-state index in [2.05, 4.69) is 0 Å². The van der Waals surface area contributed by atoms with Crippen molar-refractivity contribution in [1.82, 2.24) is 0 Å². The standard InChI is InChI=1S/2C2F5OP.Bi/c2*3-1(4,5)2(6,7)9-8;/p+2. The van der Waals surface area contributed by atoms with E-state index in [1.807, 2.05) is 0 Å². The second kappa shape index (κ2) is 7.98. The number of hydrogen-bond acceptors (Lipinski definition) is 2. The van der Waals surface area contributed by atoms with E-state index in [4.69, 9.17) is 9.13 Å². The average molecular weight is 543 g/mol. The molecular weight excluding hydrogens is 541 g/mol. The second-order valence-corrected chi connectivity index (χ2v) is 4.01. The Labute approximate surface area is 120 Å². The van der Waals surface area contributed by atoms with Crippen LogP contribution in [0.2, 0.25) is 0 Å². The maximum atomic E-state index is 11.2. The molecular formula is C4H2BiF10O2P2+2.